The molecule has 2 aromatic rings. The van der Waals surface area contributed by atoms with Gasteiger partial charge in [0.1, 0.15) is 6.10 Å². The highest BCUT2D eigenvalue weighted by atomic mass is 35.5. The number of rotatable bonds is 6. The Hall–Kier alpha value is -1.33. The van der Waals surface area contributed by atoms with Gasteiger partial charge in [-0.05, 0) is 25.8 Å². The fraction of sp³-hybridized carbons (Fsp3) is 0.571. The fourth-order valence-corrected chi connectivity index (χ4v) is 2.55. The predicted molar refractivity (Wildman–Crippen MR) is 78.9 cm³/mol. The topological polar surface area (TPSA) is 55.9 Å². The molecule has 1 unspecified atom stereocenters. The molecule has 0 fully saturated rings. The molecule has 6 heteroatoms. The summed E-state index contributed by atoms with van der Waals surface area (Å²) in [5.74, 6) is 0. The maximum Gasteiger partial charge on any atom is 0.139 e. The molecule has 1 N–H and O–H groups in total. The Morgan fingerprint density at radius 3 is 2.65 bits per heavy atom. The quantitative estimate of drug-likeness (QED) is 0.892. The van der Waals surface area contributed by atoms with Crippen molar-refractivity contribution in [2.75, 3.05) is 0 Å². The third kappa shape index (κ3) is 2.74. The Morgan fingerprint density at radius 1 is 1.30 bits per heavy atom. The van der Waals surface area contributed by atoms with E-state index in [1.807, 2.05) is 24.6 Å². The van der Waals surface area contributed by atoms with Crippen LogP contribution in [0.3, 0.4) is 0 Å². The van der Waals surface area contributed by atoms with Crippen molar-refractivity contribution in [3.63, 3.8) is 0 Å². The summed E-state index contributed by atoms with van der Waals surface area (Å²) in [6.07, 6.45) is 2.56. The Labute approximate surface area is 124 Å². The summed E-state index contributed by atoms with van der Waals surface area (Å²) in [4.78, 5) is 0. The first-order chi connectivity index (χ1) is 9.62. The number of hydrogen-bond acceptors (Lipinski definition) is 3. The van der Waals surface area contributed by atoms with Crippen LogP contribution in [0.1, 0.15) is 50.4 Å². The van der Waals surface area contributed by atoms with Gasteiger partial charge in [0.15, 0.2) is 0 Å². The Bertz CT molecular complexity index is 576. The van der Waals surface area contributed by atoms with Gasteiger partial charge in [-0.2, -0.15) is 10.2 Å². The van der Waals surface area contributed by atoms with Crippen molar-refractivity contribution in [3.8, 4) is 0 Å². The first-order valence-corrected chi connectivity index (χ1v) is 7.45. The second-order valence-electron chi connectivity index (χ2n) is 4.73. The number of nitrogens with zero attached hydrogens (tertiary/aromatic N) is 4. The normalized spacial score (nSPS) is 12.8. The number of aliphatic hydroxyl groups is 1. The molecule has 0 amide bonds. The molecule has 20 heavy (non-hydrogen) atoms. The molecule has 5 nitrogen and oxygen atoms in total. The van der Waals surface area contributed by atoms with Gasteiger partial charge >= 0.3 is 0 Å². The van der Waals surface area contributed by atoms with Crippen molar-refractivity contribution in [1.29, 1.82) is 0 Å². The molecule has 110 valence electrons. The van der Waals surface area contributed by atoms with Gasteiger partial charge in [0, 0.05) is 13.1 Å². The van der Waals surface area contributed by atoms with Gasteiger partial charge in [-0.1, -0.05) is 25.4 Å². The molecule has 0 bridgehead atoms. The number of aliphatic hydroxyl groups excluding tert-OH is 1. The van der Waals surface area contributed by atoms with E-state index in [0.29, 0.717) is 17.3 Å². The zero-order valence-corrected chi connectivity index (χ0v) is 12.9. The van der Waals surface area contributed by atoms with Gasteiger partial charge in [0.2, 0.25) is 0 Å². The summed E-state index contributed by atoms with van der Waals surface area (Å²) in [5, 5.41) is 19.9. The van der Waals surface area contributed by atoms with Crippen LogP contribution in [-0.4, -0.2) is 24.7 Å². The lowest BCUT2D eigenvalue weighted by atomic mass is 10.1. The lowest BCUT2D eigenvalue weighted by Gasteiger charge is -2.15. The Balaban J connectivity index is 2.42. The van der Waals surface area contributed by atoms with Gasteiger partial charge in [0.05, 0.1) is 28.3 Å². The van der Waals surface area contributed by atoms with Crippen LogP contribution in [0.15, 0.2) is 12.3 Å². The minimum atomic E-state index is -0.802. The summed E-state index contributed by atoms with van der Waals surface area (Å²) in [6, 6.07) is 1.94. The van der Waals surface area contributed by atoms with Crippen LogP contribution in [0.2, 0.25) is 5.02 Å². The van der Waals surface area contributed by atoms with Crippen molar-refractivity contribution >= 4 is 11.6 Å². The molecular weight excluding hydrogens is 276 g/mol. The largest absolute Gasteiger partial charge is 0.380 e. The van der Waals surface area contributed by atoms with Crippen LogP contribution < -0.4 is 0 Å². The third-order valence-electron chi connectivity index (χ3n) is 3.33. The van der Waals surface area contributed by atoms with Crippen molar-refractivity contribution in [2.45, 2.75) is 52.8 Å². The SMILES string of the molecule is CCCn1ncc(Cl)c1C(O)c1cc(CC)nn1CC. The van der Waals surface area contributed by atoms with Crippen molar-refractivity contribution < 1.29 is 5.11 Å². The highest BCUT2D eigenvalue weighted by Crippen LogP contribution is 2.29. The van der Waals surface area contributed by atoms with Crippen molar-refractivity contribution in [2.24, 2.45) is 0 Å². The maximum absolute atomic E-state index is 10.7. The zero-order chi connectivity index (χ0) is 14.7. The standard InChI is InChI=1S/C14H21ClN4O/c1-4-7-19-13(11(15)9-16-19)14(20)12-8-10(5-2)17-18(12)6-3/h8-9,14,20H,4-7H2,1-3H3. The van der Waals surface area contributed by atoms with Gasteiger partial charge in [-0.3, -0.25) is 9.36 Å². The number of aromatic nitrogens is 4. The Morgan fingerprint density at radius 2 is 2.05 bits per heavy atom. The monoisotopic (exact) mass is 296 g/mol. The highest BCUT2D eigenvalue weighted by molar-refractivity contribution is 6.31. The van der Waals surface area contributed by atoms with Gasteiger partial charge in [0.25, 0.3) is 0 Å². The van der Waals surface area contributed by atoms with Crippen LogP contribution in [0.5, 0.6) is 0 Å². The van der Waals surface area contributed by atoms with Gasteiger partial charge in [-0.15, -0.1) is 0 Å². The highest BCUT2D eigenvalue weighted by Gasteiger charge is 2.23. The fourth-order valence-electron chi connectivity index (χ4n) is 2.31. The molecule has 0 saturated heterocycles. The molecule has 2 aromatic heterocycles. The predicted octanol–water partition coefficient (Wildman–Crippen LogP) is 2.81. The smallest absolute Gasteiger partial charge is 0.139 e. The first-order valence-electron chi connectivity index (χ1n) is 7.08. The second-order valence-corrected chi connectivity index (χ2v) is 5.14. The first kappa shape index (κ1) is 15.1. The van der Waals surface area contributed by atoms with E-state index in [2.05, 4.69) is 17.1 Å². The van der Waals surface area contributed by atoms with E-state index in [0.717, 1.165) is 30.8 Å². The molecule has 2 heterocycles. The molecule has 0 spiro atoms. The molecule has 2 rings (SSSR count). The summed E-state index contributed by atoms with van der Waals surface area (Å²) in [6.45, 7) is 7.57. The molecule has 0 aromatic carbocycles. The summed E-state index contributed by atoms with van der Waals surface area (Å²) < 4.78 is 3.59. The molecular formula is C14H21ClN4O. The molecule has 0 aliphatic heterocycles. The van der Waals surface area contributed by atoms with Crippen LogP contribution in [0.25, 0.3) is 0 Å². The van der Waals surface area contributed by atoms with Crippen molar-refractivity contribution in [3.05, 3.63) is 34.4 Å². The lowest BCUT2D eigenvalue weighted by Crippen LogP contribution is -2.14. The minimum Gasteiger partial charge on any atom is -0.380 e. The van der Waals surface area contributed by atoms with Crippen LogP contribution in [0.4, 0.5) is 0 Å². The van der Waals surface area contributed by atoms with E-state index >= 15 is 0 Å². The molecule has 0 saturated carbocycles. The molecule has 0 aliphatic rings. The summed E-state index contributed by atoms with van der Waals surface area (Å²) >= 11 is 6.19. The Kier molecular flexibility index (Phi) is 4.83. The van der Waals surface area contributed by atoms with Crippen molar-refractivity contribution in [1.82, 2.24) is 19.6 Å². The molecule has 0 radical (unpaired) electrons. The van der Waals surface area contributed by atoms with Crippen LogP contribution >= 0.6 is 11.6 Å². The van der Waals surface area contributed by atoms with E-state index in [4.69, 9.17) is 11.6 Å². The second kappa shape index (κ2) is 6.41. The number of halogens is 1. The maximum atomic E-state index is 10.7. The summed E-state index contributed by atoms with van der Waals surface area (Å²) in [7, 11) is 0. The average Bonchev–Trinajstić information content (AvgIpc) is 3.02. The van der Waals surface area contributed by atoms with Crippen LogP contribution in [-0.2, 0) is 19.5 Å². The van der Waals surface area contributed by atoms with E-state index in [-0.39, 0.29) is 0 Å². The lowest BCUT2D eigenvalue weighted by molar-refractivity contribution is 0.196. The zero-order valence-electron chi connectivity index (χ0n) is 12.2. The van der Waals surface area contributed by atoms with Gasteiger partial charge in [-0.25, -0.2) is 0 Å². The van der Waals surface area contributed by atoms with E-state index in [9.17, 15) is 5.11 Å². The minimum absolute atomic E-state index is 0.493. The molecule has 0 aliphatic carbocycles. The third-order valence-corrected chi connectivity index (χ3v) is 3.62. The van der Waals surface area contributed by atoms with E-state index in [1.165, 1.54) is 0 Å². The van der Waals surface area contributed by atoms with E-state index in [1.54, 1.807) is 10.9 Å². The van der Waals surface area contributed by atoms with Gasteiger partial charge < -0.3 is 5.11 Å². The van der Waals surface area contributed by atoms with Crippen LogP contribution in [0, 0.1) is 0 Å². The molecule has 1 atom stereocenters. The number of aryl methyl sites for hydroxylation is 3. The average molecular weight is 297 g/mol. The number of hydrogen-bond donors (Lipinski definition) is 1. The van der Waals surface area contributed by atoms with E-state index < -0.39 is 6.10 Å². The summed E-state index contributed by atoms with van der Waals surface area (Å²) in [5.41, 5.74) is 2.38.